The lowest BCUT2D eigenvalue weighted by molar-refractivity contribution is 0.149. The van der Waals surface area contributed by atoms with Crippen LogP contribution in [0.4, 0.5) is 10.5 Å². The minimum absolute atomic E-state index is 0.0720. The monoisotopic (exact) mass is 738 g/mol. The van der Waals surface area contributed by atoms with Crippen molar-refractivity contribution in [3.05, 3.63) is 83.4 Å². The average molecular weight is 739 g/mol. The Morgan fingerprint density at radius 1 is 1.02 bits per heavy atom. The van der Waals surface area contributed by atoms with Gasteiger partial charge < -0.3 is 25.6 Å². The number of nitrogens with two attached hydrogens (primary N) is 1. The van der Waals surface area contributed by atoms with Crippen molar-refractivity contribution in [1.82, 2.24) is 39.7 Å². The zero-order valence-corrected chi connectivity index (χ0v) is 32.5. The van der Waals surface area contributed by atoms with Gasteiger partial charge in [-0.15, -0.1) is 0 Å². The fourth-order valence-corrected chi connectivity index (χ4v) is 7.60. The quantitative estimate of drug-likeness (QED) is 0.153. The Kier molecular flexibility index (Phi) is 12.5. The van der Waals surface area contributed by atoms with Crippen molar-refractivity contribution in [3.63, 3.8) is 0 Å². The van der Waals surface area contributed by atoms with Gasteiger partial charge in [-0.25, -0.2) is 9.79 Å². The van der Waals surface area contributed by atoms with Gasteiger partial charge in [0.05, 0.1) is 31.2 Å². The summed E-state index contributed by atoms with van der Waals surface area (Å²) in [6.45, 7) is 14.2. The van der Waals surface area contributed by atoms with Crippen molar-refractivity contribution >= 4 is 23.5 Å². The summed E-state index contributed by atoms with van der Waals surface area (Å²) in [5.41, 5.74) is 9.79. The molecule has 2 aliphatic heterocycles. The number of rotatable bonds is 9. The van der Waals surface area contributed by atoms with Gasteiger partial charge in [-0.2, -0.15) is 5.10 Å². The number of nitrogens with one attached hydrogen (secondary N) is 4. The Labute approximate surface area is 319 Å². The number of pyridine rings is 1. The average Bonchev–Trinajstić information content (AvgIpc) is 3.59. The maximum absolute atomic E-state index is 13.6. The lowest BCUT2D eigenvalue weighted by atomic mass is 9.85. The summed E-state index contributed by atoms with van der Waals surface area (Å²) in [5, 5.41) is 28.2. The van der Waals surface area contributed by atoms with Gasteiger partial charge >= 0.3 is 6.03 Å². The topological polar surface area (TPSA) is 169 Å². The number of aromatic nitrogens is 3. The number of aliphatic imine (C=N–C) groups is 1. The van der Waals surface area contributed by atoms with Crippen LogP contribution in [0.3, 0.4) is 0 Å². The first kappa shape index (κ1) is 38.8. The highest BCUT2D eigenvalue weighted by Crippen LogP contribution is 2.38. The number of carbonyl (C=O) groups is 1. The molecule has 4 heterocycles. The van der Waals surface area contributed by atoms with Crippen LogP contribution in [0.5, 0.6) is 5.75 Å². The van der Waals surface area contributed by atoms with E-state index in [2.05, 4.69) is 51.3 Å². The molecule has 0 spiro atoms. The van der Waals surface area contributed by atoms with Crippen molar-refractivity contribution in [3.8, 4) is 5.75 Å². The highest BCUT2D eigenvalue weighted by atomic mass is 16.5. The molecular formula is C40H58N12O2. The van der Waals surface area contributed by atoms with E-state index in [1.807, 2.05) is 49.0 Å². The third kappa shape index (κ3) is 9.58. The number of nitrogens with zero attached hydrogens (tertiary/aromatic N) is 7. The van der Waals surface area contributed by atoms with Crippen LogP contribution in [-0.4, -0.2) is 98.7 Å². The molecule has 2 fully saturated rings. The van der Waals surface area contributed by atoms with Crippen LogP contribution in [-0.2, 0) is 6.54 Å². The minimum Gasteiger partial charge on any atom is -0.484 e. The van der Waals surface area contributed by atoms with E-state index in [1.165, 1.54) is 0 Å². The van der Waals surface area contributed by atoms with Crippen molar-refractivity contribution in [2.75, 3.05) is 39.8 Å². The fourth-order valence-electron chi connectivity index (χ4n) is 7.60. The smallest absolute Gasteiger partial charge is 0.320 e. The summed E-state index contributed by atoms with van der Waals surface area (Å²) in [6, 6.07) is 11.3. The number of likely N-dealkylation sites (tertiary alicyclic amines) is 1. The van der Waals surface area contributed by atoms with E-state index >= 15 is 0 Å². The van der Waals surface area contributed by atoms with Crippen molar-refractivity contribution < 1.29 is 9.53 Å². The number of amidine groups is 1. The first-order valence-electron chi connectivity index (χ1n) is 19.4. The van der Waals surface area contributed by atoms with E-state index < -0.39 is 0 Å². The zero-order chi connectivity index (χ0) is 38.4. The number of likely N-dealkylation sites (N-methyl/N-ethyl adjacent to an activating group) is 1. The van der Waals surface area contributed by atoms with Crippen LogP contribution in [0, 0.1) is 16.7 Å². The second-order valence-electron chi connectivity index (χ2n) is 15.3. The molecular weight excluding hydrogens is 681 g/mol. The molecule has 3 unspecified atom stereocenters. The van der Waals surface area contributed by atoms with Crippen LogP contribution in [0.1, 0.15) is 83.1 Å². The highest BCUT2D eigenvalue weighted by molar-refractivity contribution is 6.05. The Morgan fingerprint density at radius 2 is 1.74 bits per heavy atom. The van der Waals surface area contributed by atoms with Gasteiger partial charge in [-0.05, 0) is 88.3 Å². The van der Waals surface area contributed by atoms with Crippen molar-refractivity contribution in [1.29, 1.82) is 10.8 Å². The van der Waals surface area contributed by atoms with Crippen molar-refractivity contribution in [2.45, 2.75) is 90.6 Å². The molecule has 6 rings (SSSR count). The molecule has 6 N–H and O–H groups in total. The Morgan fingerprint density at radius 3 is 2.46 bits per heavy atom. The van der Waals surface area contributed by atoms with Crippen LogP contribution >= 0.6 is 0 Å². The number of carbonyl (C=O) groups excluding carboxylic acids is 1. The van der Waals surface area contributed by atoms with Crippen LogP contribution in [0.25, 0.3) is 0 Å². The van der Waals surface area contributed by atoms with E-state index in [9.17, 15) is 4.79 Å². The number of amides is 2. The van der Waals surface area contributed by atoms with E-state index in [1.54, 1.807) is 35.2 Å². The number of benzene rings is 1. The maximum Gasteiger partial charge on any atom is 0.320 e. The van der Waals surface area contributed by atoms with Crippen LogP contribution in [0.2, 0.25) is 0 Å². The molecule has 14 heteroatoms. The summed E-state index contributed by atoms with van der Waals surface area (Å²) in [7, 11) is 2.16. The number of hydrogen-bond acceptors (Lipinski definition) is 9. The number of urea groups is 1. The molecule has 2 saturated heterocycles. The third-order valence-electron chi connectivity index (χ3n) is 10.9. The molecule has 0 saturated carbocycles. The van der Waals surface area contributed by atoms with Gasteiger partial charge in [0, 0.05) is 50.5 Å². The van der Waals surface area contributed by atoms with Gasteiger partial charge in [0.2, 0.25) is 5.96 Å². The van der Waals surface area contributed by atoms with Gasteiger partial charge in [0.15, 0.2) is 0 Å². The number of hydrogen-bond donors (Lipinski definition) is 5. The second-order valence-corrected chi connectivity index (χ2v) is 15.3. The van der Waals surface area contributed by atoms with E-state index in [-0.39, 0.29) is 41.7 Å². The second kappa shape index (κ2) is 17.5. The molecule has 14 nitrogen and oxygen atoms in total. The lowest BCUT2D eigenvalue weighted by Gasteiger charge is -2.41. The Hall–Kier alpha value is -4.95. The molecule has 1 aliphatic carbocycles. The summed E-state index contributed by atoms with van der Waals surface area (Å²) in [4.78, 5) is 25.2. The van der Waals surface area contributed by atoms with Crippen LogP contribution in [0.15, 0.2) is 71.8 Å². The van der Waals surface area contributed by atoms with Crippen LogP contribution < -0.4 is 26.6 Å². The summed E-state index contributed by atoms with van der Waals surface area (Å²) in [5.74, 6) is 1.30. The summed E-state index contributed by atoms with van der Waals surface area (Å²) in [6.07, 6.45) is 11.3. The van der Waals surface area contributed by atoms with E-state index in [0.29, 0.717) is 41.8 Å². The minimum atomic E-state index is -0.380. The number of ether oxygens (including phenoxy) is 1. The Bertz CT molecular complexity index is 1880. The van der Waals surface area contributed by atoms with Gasteiger partial charge in [0.25, 0.3) is 0 Å². The number of fused-ring (bicyclic) bond motifs is 1. The molecule has 1 aromatic carbocycles. The van der Waals surface area contributed by atoms with Gasteiger partial charge in [-0.1, -0.05) is 38.1 Å². The molecule has 4 atom stereocenters. The summed E-state index contributed by atoms with van der Waals surface area (Å²) < 4.78 is 10.1. The Balaban J connectivity index is 1.12. The molecule has 3 aliphatic rings. The fraction of sp³-hybridized carbons (Fsp3) is 0.525. The zero-order valence-electron chi connectivity index (χ0n) is 32.5. The maximum atomic E-state index is 13.6. The molecule has 290 valence electrons. The third-order valence-corrected chi connectivity index (χ3v) is 10.9. The highest BCUT2D eigenvalue weighted by Gasteiger charge is 2.31. The first-order chi connectivity index (χ1) is 25.9. The predicted octanol–water partition coefficient (Wildman–Crippen LogP) is 4.94. The molecule has 0 radical (unpaired) electrons. The number of piperazine rings is 1. The standard InChI is InChI=1S/C40H58N12O2/c1-27(2)34(41)23-38(45-30-24-44-50(25-30)22-21-49-19-17-48(5)18-20-49)47-40(53)46-35-14-15-36(33-12-7-6-11-32(33)35)54-31-13-16-37(42)51(26-31)39(43)52-28(3)9-8-10-29(52)4/h6-7,11-13,16,23-29,35-36,42-43H,8-10,14-15,17-22,41H2,1-5H3,(H2,45,46,47,53)/t28?,29?,35?,36-/m1/s1. The SMILES string of the molecule is CC(C)C(N)=CC(=Nc1cnn(CCN2CCN(C)CC2)c1)NC(=O)NC1CC[C@@H](Oc2ccc(=N)n(C(=N)N3C(C)CCCC3C)c2)c2ccccc21. The van der Waals surface area contributed by atoms with Gasteiger partial charge in [-0.3, -0.25) is 30.3 Å². The molecule has 0 bridgehead atoms. The largest absolute Gasteiger partial charge is 0.484 e. The molecule has 54 heavy (non-hydrogen) atoms. The predicted molar refractivity (Wildman–Crippen MR) is 212 cm³/mol. The lowest BCUT2D eigenvalue weighted by Crippen LogP contribution is -2.51. The number of allylic oxidation sites excluding steroid dienone is 1. The van der Waals surface area contributed by atoms with Gasteiger partial charge in [0.1, 0.15) is 28.9 Å². The number of piperidine rings is 1. The summed E-state index contributed by atoms with van der Waals surface area (Å²) >= 11 is 0. The molecule has 2 amide bonds. The molecule has 3 aromatic rings. The first-order valence-corrected chi connectivity index (χ1v) is 19.4. The molecule has 2 aromatic heterocycles. The van der Waals surface area contributed by atoms with E-state index in [0.717, 1.165) is 69.7 Å². The van der Waals surface area contributed by atoms with E-state index in [4.69, 9.17) is 26.3 Å². The van der Waals surface area contributed by atoms with Crippen molar-refractivity contribution in [2.24, 2.45) is 16.6 Å². The normalized spacial score (nSPS) is 22.9.